The average Bonchev–Trinajstić information content (AvgIpc) is 2.98. The van der Waals surface area contributed by atoms with E-state index in [1.54, 1.807) is 0 Å². The van der Waals surface area contributed by atoms with E-state index in [1.165, 1.54) is 14.2 Å². The van der Waals surface area contributed by atoms with Crippen molar-refractivity contribution in [2.45, 2.75) is 27.7 Å². The van der Waals surface area contributed by atoms with E-state index in [1.807, 2.05) is 125 Å². The first kappa shape index (κ1) is 30.2. The van der Waals surface area contributed by atoms with Crippen LogP contribution in [-0.2, 0) is 9.05 Å². The lowest BCUT2D eigenvalue weighted by Crippen LogP contribution is -2.08. The van der Waals surface area contributed by atoms with E-state index >= 15 is 0 Å². The maximum absolute atomic E-state index is 6.59. The highest BCUT2D eigenvalue weighted by Crippen LogP contribution is 2.78. The molecule has 1 heterocycles. The first-order valence-corrected chi connectivity index (χ1v) is 17.8. The van der Waals surface area contributed by atoms with Gasteiger partial charge in [-0.15, -0.1) is 9.03 Å². The van der Waals surface area contributed by atoms with Crippen molar-refractivity contribution in [3.05, 3.63) is 119 Å². The third-order valence-electron chi connectivity index (χ3n) is 6.14. The van der Waals surface area contributed by atoms with Crippen LogP contribution in [0, 0.1) is 27.7 Å². The molecule has 1 aliphatic heterocycles. The van der Waals surface area contributed by atoms with Crippen molar-refractivity contribution in [1.82, 2.24) is 0 Å². The van der Waals surface area contributed by atoms with Gasteiger partial charge in [0.1, 0.15) is 23.0 Å². The summed E-state index contributed by atoms with van der Waals surface area (Å²) in [5.74, 6) is 2.02. The van der Waals surface area contributed by atoms with Gasteiger partial charge in [-0.2, -0.15) is 0 Å². The van der Waals surface area contributed by atoms with Crippen molar-refractivity contribution in [3.63, 3.8) is 0 Å². The SMILES string of the molecule is COP1(OC)=NP(Oc2ccc(C)cc2)(Oc2ccc(C)cc2)=NP(Oc2ccc(C)cc2)(Oc2ccc(C)cc2)=N1. The summed E-state index contributed by atoms with van der Waals surface area (Å²) in [6.07, 6.45) is 0. The second-order valence-electron chi connectivity index (χ2n) is 9.72. The van der Waals surface area contributed by atoms with Gasteiger partial charge in [0.15, 0.2) is 0 Å². The van der Waals surface area contributed by atoms with E-state index in [2.05, 4.69) is 0 Å². The summed E-state index contributed by atoms with van der Waals surface area (Å²) in [5, 5.41) is 0. The van der Waals surface area contributed by atoms with Crippen LogP contribution in [0.1, 0.15) is 22.3 Å². The molecule has 4 aromatic rings. The van der Waals surface area contributed by atoms with Gasteiger partial charge < -0.3 is 27.1 Å². The molecule has 12 heteroatoms. The molecule has 0 unspecified atom stereocenters. The van der Waals surface area contributed by atoms with Gasteiger partial charge in [0.2, 0.25) is 0 Å². The molecule has 5 rings (SSSR count). The Kier molecular flexibility index (Phi) is 8.98. The predicted molar refractivity (Wildman–Crippen MR) is 169 cm³/mol. The quantitative estimate of drug-likeness (QED) is 0.163. The zero-order valence-corrected chi connectivity index (χ0v) is 27.1. The van der Waals surface area contributed by atoms with E-state index in [0.29, 0.717) is 23.0 Å². The van der Waals surface area contributed by atoms with E-state index < -0.39 is 23.0 Å². The fourth-order valence-corrected chi connectivity index (χ4v) is 12.8. The Labute approximate surface area is 247 Å². The molecule has 0 atom stereocenters. The molecule has 220 valence electrons. The third kappa shape index (κ3) is 7.18. The van der Waals surface area contributed by atoms with Crippen LogP contribution in [0.2, 0.25) is 0 Å². The Hall–Kier alpha value is -3.31. The monoisotopic (exact) mass is 625 g/mol. The highest BCUT2D eigenvalue weighted by molar-refractivity contribution is 7.78. The van der Waals surface area contributed by atoms with Crippen molar-refractivity contribution >= 4 is 23.0 Å². The van der Waals surface area contributed by atoms with Gasteiger partial charge in [0.05, 0.1) is 0 Å². The summed E-state index contributed by atoms with van der Waals surface area (Å²) in [5.41, 5.74) is 4.29. The fourth-order valence-electron chi connectivity index (χ4n) is 3.83. The van der Waals surface area contributed by atoms with Crippen LogP contribution in [0.4, 0.5) is 0 Å². The number of rotatable bonds is 10. The van der Waals surface area contributed by atoms with E-state index in [4.69, 9.17) is 40.7 Å². The molecule has 0 bridgehead atoms. The van der Waals surface area contributed by atoms with Crippen molar-refractivity contribution in [2.24, 2.45) is 13.5 Å². The molecule has 0 spiro atoms. The van der Waals surface area contributed by atoms with Gasteiger partial charge in [-0.3, -0.25) is 0 Å². The summed E-state index contributed by atoms with van der Waals surface area (Å²) in [4.78, 5) is 0. The highest BCUT2D eigenvalue weighted by Gasteiger charge is 2.46. The summed E-state index contributed by atoms with van der Waals surface area (Å²) in [7, 11) is -7.82. The number of hydrogen-bond acceptors (Lipinski definition) is 9. The topological polar surface area (TPSA) is 92.5 Å². The van der Waals surface area contributed by atoms with Gasteiger partial charge in [-0.1, -0.05) is 75.3 Å². The molecular weight excluding hydrogens is 591 g/mol. The van der Waals surface area contributed by atoms with Crippen LogP contribution in [0.5, 0.6) is 23.0 Å². The average molecular weight is 626 g/mol. The number of nitrogens with zero attached hydrogens (tertiary/aromatic N) is 3. The van der Waals surface area contributed by atoms with Crippen molar-refractivity contribution in [2.75, 3.05) is 14.2 Å². The molecule has 0 amide bonds. The van der Waals surface area contributed by atoms with Gasteiger partial charge in [-0.25, -0.2) is 0 Å². The summed E-state index contributed by atoms with van der Waals surface area (Å²) in [6, 6.07) is 30.2. The highest BCUT2D eigenvalue weighted by atomic mass is 31.3. The normalized spacial score (nSPS) is 16.2. The standard InChI is InChI=1S/C30H34N3O6P3/c1-23-7-15-27(16-8-23)36-41(37-28-17-9-24(2)10-18-28)31-40(34-5,35-6)32-42(33-41,38-29-19-11-25(3)12-20-29)39-30-21-13-26(4)14-22-30/h7-22H,1-6H3. The lowest BCUT2D eigenvalue weighted by atomic mass is 10.2. The molecule has 42 heavy (non-hydrogen) atoms. The molecular formula is C30H34N3O6P3. The molecule has 9 nitrogen and oxygen atoms in total. The lowest BCUT2D eigenvalue weighted by molar-refractivity contribution is 0.327. The minimum atomic E-state index is -3.68. The Morgan fingerprint density at radius 3 is 0.810 bits per heavy atom. The van der Waals surface area contributed by atoms with Crippen LogP contribution in [0.3, 0.4) is 0 Å². The molecule has 0 aromatic heterocycles. The van der Waals surface area contributed by atoms with Gasteiger partial charge in [0, 0.05) is 14.2 Å². The summed E-state index contributed by atoms with van der Waals surface area (Å²) < 4.78 is 53.0. The minimum absolute atomic E-state index is 0.504. The van der Waals surface area contributed by atoms with Crippen LogP contribution in [-0.4, -0.2) is 14.2 Å². The van der Waals surface area contributed by atoms with Crippen molar-refractivity contribution in [1.29, 1.82) is 0 Å². The van der Waals surface area contributed by atoms with E-state index in [9.17, 15) is 0 Å². The lowest BCUT2D eigenvalue weighted by Gasteiger charge is -2.32. The molecule has 1 aliphatic rings. The number of hydrogen-bond donors (Lipinski definition) is 0. The molecule has 0 saturated carbocycles. The number of aryl methyl sites for hydroxylation is 4. The predicted octanol–water partition coefficient (Wildman–Crippen LogP) is 10.7. The third-order valence-corrected chi connectivity index (χ3v) is 14.3. The Morgan fingerprint density at radius 1 is 0.357 bits per heavy atom. The van der Waals surface area contributed by atoms with Crippen LogP contribution in [0.15, 0.2) is 111 Å². The van der Waals surface area contributed by atoms with E-state index in [0.717, 1.165) is 22.3 Å². The zero-order valence-electron chi connectivity index (χ0n) is 24.4. The van der Waals surface area contributed by atoms with Crippen LogP contribution >= 0.6 is 23.0 Å². The maximum Gasteiger partial charge on any atom is 0.459 e. The van der Waals surface area contributed by atoms with E-state index in [-0.39, 0.29) is 0 Å². The molecule has 0 N–H and O–H groups in total. The summed E-state index contributed by atoms with van der Waals surface area (Å²) in [6.45, 7) is 8.00. The number of benzene rings is 4. The van der Waals surface area contributed by atoms with Gasteiger partial charge in [-0.05, 0) is 76.2 Å². The zero-order chi connectivity index (χ0) is 29.8. The maximum atomic E-state index is 6.59. The minimum Gasteiger partial charge on any atom is -0.413 e. The van der Waals surface area contributed by atoms with Gasteiger partial charge >= 0.3 is 23.0 Å². The van der Waals surface area contributed by atoms with Crippen molar-refractivity contribution in [3.8, 4) is 23.0 Å². The Balaban J connectivity index is 1.78. The molecule has 4 aromatic carbocycles. The first-order valence-electron chi connectivity index (χ1n) is 13.2. The smallest absolute Gasteiger partial charge is 0.413 e. The molecule has 0 radical (unpaired) electrons. The van der Waals surface area contributed by atoms with Crippen LogP contribution in [0.25, 0.3) is 0 Å². The largest absolute Gasteiger partial charge is 0.459 e. The molecule has 0 aliphatic carbocycles. The first-order chi connectivity index (χ1) is 20.1. The van der Waals surface area contributed by atoms with Crippen molar-refractivity contribution < 1.29 is 27.1 Å². The second kappa shape index (κ2) is 12.5. The Bertz CT molecular complexity index is 1500. The molecule has 0 fully saturated rings. The van der Waals surface area contributed by atoms with Crippen LogP contribution < -0.4 is 18.1 Å². The summed E-state index contributed by atoms with van der Waals surface area (Å²) >= 11 is 0. The second-order valence-corrected chi connectivity index (χ2v) is 16.3. The van der Waals surface area contributed by atoms with Gasteiger partial charge in [0.25, 0.3) is 0 Å². The fraction of sp³-hybridized carbons (Fsp3) is 0.200. The molecule has 0 saturated heterocycles. The Morgan fingerprint density at radius 2 is 0.571 bits per heavy atom.